The lowest BCUT2D eigenvalue weighted by atomic mass is 9.62. The molecule has 1 aliphatic heterocycles. The highest BCUT2D eigenvalue weighted by molar-refractivity contribution is 6.48. The van der Waals surface area contributed by atoms with Gasteiger partial charge >= 0.3 is 5.97 Å². The third-order valence-corrected chi connectivity index (χ3v) is 6.83. The summed E-state index contributed by atoms with van der Waals surface area (Å²) in [7, 11) is -1.07. The van der Waals surface area contributed by atoms with Crippen molar-refractivity contribution in [3.63, 3.8) is 0 Å². The zero-order valence-electron chi connectivity index (χ0n) is 17.4. The summed E-state index contributed by atoms with van der Waals surface area (Å²) in [6.07, 6.45) is 0. The van der Waals surface area contributed by atoms with Gasteiger partial charge in [0.05, 0.1) is 28.5 Å². The van der Waals surface area contributed by atoms with E-state index in [0.717, 1.165) is 0 Å². The standard InChI is InChI=1S/C20H28Cl2NO4Si/c1-11(18(25)26-14-9-8-12(21)10-13(14)22)16-15(17(24)23-16)20(5,19(2,3)4)27-28(6)7/h8-11,15-16H,1-7H3,(H,23,24)/t11-,15-,16-,20-/m1/s1. The van der Waals surface area contributed by atoms with Crippen LogP contribution in [-0.4, -0.2) is 32.6 Å². The Kier molecular flexibility index (Phi) is 6.91. The Balaban J connectivity index is 2.23. The number of amides is 1. The number of ether oxygens (including phenoxy) is 1. The quantitative estimate of drug-likeness (QED) is 0.298. The summed E-state index contributed by atoms with van der Waals surface area (Å²) in [5, 5.41) is 3.59. The van der Waals surface area contributed by atoms with Crippen LogP contribution in [0.25, 0.3) is 0 Å². The molecule has 0 aliphatic carbocycles. The predicted octanol–water partition coefficient (Wildman–Crippen LogP) is 4.72. The Hall–Kier alpha value is -1.08. The second kappa shape index (κ2) is 8.34. The van der Waals surface area contributed by atoms with Gasteiger partial charge in [0.2, 0.25) is 14.9 Å². The van der Waals surface area contributed by atoms with Gasteiger partial charge in [-0.1, -0.05) is 44.0 Å². The molecule has 4 atom stereocenters. The van der Waals surface area contributed by atoms with Crippen LogP contribution in [-0.2, 0) is 14.0 Å². The van der Waals surface area contributed by atoms with E-state index < -0.39 is 32.4 Å². The molecule has 1 aliphatic rings. The van der Waals surface area contributed by atoms with E-state index in [0.29, 0.717) is 5.02 Å². The largest absolute Gasteiger partial charge is 0.425 e. The monoisotopic (exact) mass is 444 g/mol. The van der Waals surface area contributed by atoms with Crippen LogP contribution in [0.15, 0.2) is 18.2 Å². The van der Waals surface area contributed by atoms with Gasteiger partial charge in [-0.3, -0.25) is 9.59 Å². The van der Waals surface area contributed by atoms with Gasteiger partial charge in [-0.25, -0.2) is 0 Å². The van der Waals surface area contributed by atoms with Crippen LogP contribution in [0.4, 0.5) is 0 Å². The Morgan fingerprint density at radius 2 is 1.82 bits per heavy atom. The molecule has 1 aromatic carbocycles. The fourth-order valence-corrected chi connectivity index (χ4v) is 5.15. The van der Waals surface area contributed by atoms with Gasteiger partial charge in [-0.2, -0.15) is 0 Å². The normalized spacial score (nSPS) is 22.9. The van der Waals surface area contributed by atoms with Crippen molar-refractivity contribution >= 4 is 44.1 Å². The molecule has 0 bridgehead atoms. The first-order valence-electron chi connectivity index (χ1n) is 9.24. The van der Waals surface area contributed by atoms with Crippen LogP contribution in [0.1, 0.15) is 34.6 Å². The van der Waals surface area contributed by atoms with E-state index in [-0.39, 0.29) is 28.1 Å². The number of esters is 1. The SMILES string of the molecule is C[C@@H](C(=O)Oc1ccc(Cl)cc1Cl)[C@H]1NC(=O)[C@@H]1[C@@](C)(O[Si](C)C)C(C)(C)C. The number of hydrogen-bond acceptors (Lipinski definition) is 4. The lowest BCUT2D eigenvalue weighted by Crippen LogP contribution is -2.72. The number of hydrogen-bond donors (Lipinski definition) is 1. The first-order chi connectivity index (χ1) is 12.8. The molecule has 1 N–H and O–H groups in total. The molecule has 5 nitrogen and oxygen atoms in total. The Morgan fingerprint density at radius 1 is 1.21 bits per heavy atom. The topological polar surface area (TPSA) is 64.6 Å². The van der Waals surface area contributed by atoms with Crippen molar-refractivity contribution in [2.75, 3.05) is 0 Å². The third kappa shape index (κ3) is 4.56. The van der Waals surface area contributed by atoms with E-state index in [1.54, 1.807) is 19.1 Å². The molecule has 2 rings (SSSR count). The highest BCUT2D eigenvalue weighted by Crippen LogP contribution is 2.46. The van der Waals surface area contributed by atoms with E-state index >= 15 is 0 Å². The Labute approximate surface area is 178 Å². The fourth-order valence-electron chi connectivity index (χ4n) is 3.42. The van der Waals surface area contributed by atoms with Crippen molar-refractivity contribution in [2.24, 2.45) is 17.3 Å². The van der Waals surface area contributed by atoms with Crippen molar-refractivity contribution in [1.29, 1.82) is 0 Å². The lowest BCUT2D eigenvalue weighted by Gasteiger charge is -2.55. The maximum Gasteiger partial charge on any atom is 0.316 e. The molecule has 28 heavy (non-hydrogen) atoms. The molecule has 1 fully saturated rings. The van der Waals surface area contributed by atoms with Crippen LogP contribution >= 0.6 is 23.2 Å². The van der Waals surface area contributed by atoms with Crippen molar-refractivity contribution in [1.82, 2.24) is 5.32 Å². The maximum atomic E-state index is 12.7. The molecule has 0 aromatic heterocycles. The van der Waals surface area contributed by atoms with Gasteiger partial charge in [0.15, 0.2) is 0 Å². The van der Waals surface area contributed by atoms with Crippen molar-refractivity contribution in [3.8, 4) is 5.75 Å². The number of β-lactam (4-membered cyclic amide) rings is 1. The van der Waals surface area contributed by atoms with Gasteiger partial charge in [0.25, 0.3) is 0 Å². The molecule has 1 heterocycles. The summed E-state index contributed by atoms with van der Waals surface area (Å²) >= 11 is 12.0. The van der Waals surface area contributed by atoms with Gasteiger partial charge in [0.1, 0.15) is 5.75 Å². The molecule has 1 amide bonds. The smallest absolute Gasteiger partial charge is 0.316 e. The molecule has 1 aromatic rings. The Morgan fingerprint density at radius 3 is 2.29 bits per heavy atom. The Bertz CT molecular complexity index is 765. The van der Waals surface area contributed by atoms with Crippen molar-refractivity contribution in [3.05, 3.63) is 28.2 Å². The summed E-state index contributed by atoms with van der Waals surface area (Å²) in [5.41, 5.74) is -0.997. The number of carbonyl (C=O) groups excluding carboxylic acids is 2. The molecule has 0 unspecified atom stereocenters. The number of halogens is 2. The first-order valence-corrected chi connectivity index (χ1v) is 12.4. The fraction of sp³-hybridized carbons (Fsp3) is 0.600. The zero-order chi connectivity index (χ0) is 21.4. The van der Waals surface area contributed by atoms with E-state index in [1.165, 1.54) is 6.07 Å². The van der Waals surface area contributed by atoms with E-state index in [4.69, 9.17) is 32.4 Å². The number of nitrogens with one attached hydrogen (secondary N) is 1. The summed E-state index contributed by atoms with van der Waals surface area (Å²) in [5.74, 6) is -1.34. The van der Waals surface area contributed by atoms with E-state index in [1.807, 2.05) is 20.0 Å². The molecule has 0 spiro atoms. The summed E-state index contributed by atoms with van der Waals surface area (Å²) in [6, 6.07) is 4.29. The summed E-state index contributed by atoms with van der Waals surface area (Å²) in [4.78, 5) is 25.3. The molecular formula is C20H28Cl2NO4Si. The third-order valence-electron chi connectivity index (χ3n) is 5.46. The second-order valence-electron chi connectivity index (χ2n) is 8.66. The molecule has 1 saturated heterocycles. The van der Waals surface area contributed by atoms with Gasteiger partial charge in [-0.05, 0) is 50.6 Å². The summed E-state index contributed by atoms with van der Waals surface area (Å²) in [6.45, 7) is 14.0. The number of benzene rings is 1. The average Bonchev–Trinajstić information content (AvgIpc) is 2.52. The average molecular weight is 445 g/mol. The molecule has 155 valence electrons. The zero-order valence-corrected chi connectivity index (χ0v) is 19.9. The van der Waals surface area contributed by atoms with Crippen LogP contribution in [0.5, 0.6) is 5.75 Å². The highest BCUT2D eigenvalue weighted by Gasteiger charge is 2.59. The number of carbonyl (C=O) groups is 2. The molecule has 0 saturated carbocycles. The van der Waals surface area contributed by atoms with Crippen LogP contribution < -0.4 is 10.1 Å². The maximum absolute atomic E-state index is 12.7. The van der Waals surface area contributed by atoms with Gasteiger partial charge in [-0.15, -0.1) is 0 Å². The van der Waals surface area contributed by atoms with Crippen molar-refractivity contribution in [2.45, 2.75) is 59.4 Å². The lowest BCUT2D eigenvalue weighted by molar-refractivity contribution is -0.166. The summed E-state index contributed by atoms with van der Waals surface area (Å²) < 4.78 is 11.8. The minimum atomic E-state index is -1.07. The van der Waals surface area contributed by atoms with Crippen molar-refractivity contribution < 1.29 is 18.8 Å². The van der Waals surface area contributed by atoms with Crippen LogP contribution in [0.3, 0.4) is 0 Å². The molecule has 8 heteroatoms. The second-order valence-corrected chi connectivity index (χ2v) is 11.5. The molecular weight excluding hydrogens is 417 g/mol. The van der Waals surface area contributed by atoms with E-state index in [9.17, 15) is 9.59 Å². The van der Waals surface area contributed by atoms with E-state index in [2.05, 4.69) is 26.1 Å². The predicted molar refractivity (Wildman–Crippen MR) is 113 cm³/mol. The van der Waals surface area contributed by atoms with Crippen LogP contribution in [0.2, 0.25) is 23.1 Å². The highest BCUT2D eigenvalue weighted by atomic mass is 35.5. The van der Waals surface area contributed by atoms with Gasteiger partial charge < -0.3 is 14.5 Å². The minimum absolute atomic E-state index is 0.102. The molecule has 1 radical (unpaired) electrons. The van der Waals surface area contributed by atoms with Crippen LogP contribution in [0, 0.1) is 17.3 Å². The van der Waals surface area contributed by atoms with Gasteiger partial charge in [0, 0.05) is 5.02 Å². The first kappa shape index (κ1) is 23.2. The number of rotatable bonds is 6. The minimum Gasteiger partial charge on any atom is -0.425 e.